The van der Waals surface area contributed by atoms with Gasteiger partial charge in [-0.2, -0.15) is 18.3 Å². The fraction of sp³-hybridized carbons (Fsp3) is 0.556. The summed E-state index contributed by atoms with van der Waals surface area (Å²) in [5, 5.41) is 8.59. The van der Waals surface area contributed by atoms with Crippen molar-refractivity contribution in [3.63, 3.8) is 0 Å². The number of fused-ring (bicyclic) bond motifs is 2. The molecule has 0 fully saturated rings. The molecule has 3 aromatic heterocycles. The van der Waals surface area contributed by atoms with Crippen molar-refractivity contribution in [3.05, 3.63) is 30.2 Å². The van der Waals surface area contributed by atoms with Crippen LogP contribution in [0.2, 0.25) is 0 Å². The third-order valence-electron chi connectivity index (χ3n) is 4.94. The number of rotatable bonds is 3. The van der Waals surface area contributed by atoms with Gasteiger partial charge in [0.05, 0.1) is 17.1 Å². The first-order chi connectivity index (χ1) is 13.1. The van der Waals surface area contributed by atoms with Gasteiger partial charge in [-0.3, -0.25) is 0 Å². The zero-order valence-electron chi connectivity index (χ0n) is 16.0. The number of nitrogens with one attached hydrogen (secondary N) is 1. The third-order valence-corrected chi connectivity index (χ3v) is 4.94. The quantitative estimate of drug-likeness (QED) is 0.738. The standard InChI is InChI=1S/C18H22F3N7/c1-17(2,3)28-16-12(7-25-28)15(23-10-24-16)22-6-11-4-5-14-26-13(18(19,20)21)9-27(14)8-11/h7,9-11H,4-6,8H2,1-3H3,(H,22,23,24)/t11-/m1/s1. The van der Waals surface area contributed by atoms with Gasteiger partial charge < -0.3 is 9.88 Å². The van der Waals surface area contributed by atoms with E-state index in [9.17, 15) is 13.2 Å². The zero-order chi connectivity index (χ0) is 20.1. The Morgan fingerprint density at radius 1 is 1.21 bits per heavy atom. The lowest BCUT2D eigenvalue weighted by Gasteiger charge is -2.24. The number of anilines is 1. The van der Waals surface area contributed by atoms with E-state index >= 15 is 0 Å². The SMILES string of the molecule is CC(C)(C)n1ncc2c(NC[C@H]3CCc4nc(C(F)(F)F)cn4C3)ncnc21. The molecule has 1 aliphatic rings. The van der Waals surface area contributed by atoms with E-state index in [2.05, 4.69) is 46.1 Å². The second-order valence-corrected chi connectivity index (χ2v) is 8.16. The Kier molecular flexibility index (Phi) is 4.31. The summed E-state index contributed by atoms with van der Waals surface area (Å²) in [6, 6.07) is 0. The summed E-state index contributed by atoms with van der Waals surface area (Å²) in [4.78, 5) is 12.4. The lowest BCUT2D eigenvalue weighted by Crippen LogP contribution is -2.26. The van der Waals surface area contributed by atoms with Crippen molar-refractivity contribution in [1.29, 1.82) is 0 Å². The molecule has 150 valence electrons. The maximum atomic E-state index is 12.9. The van der Waals surface area contributed by atoms with Gasteiger partial charge in [-0.1, -0.05) is 0 Å². The molecular formula is C18H22F3N7. The molecule has 0 bridgehead atoms. The van der Waals surface area contributed by atoms with E-state index in [0.717, 1.165) is 23.7 Å². The lowest BCUT2D eigenvalue weighted by molar-refractivity contribution is -0.141. The van der Waals surface area contributed by atoms with Gasteiger partial charge in [0, 0.05) is 25.7 Å². The van der Waals surface area contributed by atoms with Crippen LogP contribution in [0.4, 0.5) is 19.0 Å². The fourth-order valence-electron chi connectivity index (χ4n) is 3.53. The first kappa shape index (κ1) is 18.7. The molecule has 4 rings (SSSR count). The molecule has 1 atom stereocenters. The summed E-state index contributed by atoms with van der Waals surface area (Å²) in [5.74, 6) is 1.37. The van der Waals surface area contributed by atoms with Crippen LogP contribution in [0, 0.1) is 5.92 Å². The number of aryl methyl sites for hydroxylation is 1. The first-order valence-corrected chi connectivity index (χ1v) is 9.19. The maximum absolute atomic E-state index is 12.9. The zero-order valence-corrected chi connectivity index (χ0v) is 16.0. The number of alkyl halides is 3. The lowest BCUT2D eigenvalue weighted by atomic mass is 9.99. The van der Waals surface area contributed by atoms with Crippen molar-refractivity contribution in [2.75, 3.05) is 11.9 Å². The molecule has 0 saturated heterocycles. The molecule has 7 nitrogen and oxygen atoms in total. The second kappa shape index (κ2) is 6.46. The normalized spacial score (nSPS) is 17.7. The van der Waals surface area contributed by atoms with E-state index in [-0.39, 0.29) is 11.5 Å². The Balaban J connectivity index is 1.49. The van der Waals surface area contributed by atoms with Crippen molar-refractivity contribution in [2.24, 2.45) is 5.92 Å². The number of imidazole rings is 1. The van der Waals surface area contributed by atoms with Crippen molar-refractivity contribution in [1.82, 2.24) is 29.3 Å². The smallest absolute Gasteiger partial charge is 0.369 e. The highest BCUT2D eigenvalue weighted by atomic mass is 19.4. The van der Waals surface area contributed by atoms with Crippen molar-refractivity contribution in [3.8, 4) is 0 Å². The summed E-state index contributed by atoms with van der Waals surface area (Å²) in [6.45, 7) is 7.25. The number of nitrogens with zero attached hydrogens (tertiary/aromatic N) is 6. The summed E-state index contributed by atoms with van der Waals surface area (Å²) in [5.41, 5.74) is -0.270. The van der Waals surface area contributed by atoms with Crippen molar-refractivity contribution >= 4 is 16.9 Å². The second-order valence-electron chi connectivity index (χ2n) is 8.16. The van der Waals surface area contributed by atoms with Gasteiger partial charge in [0.2, 0.25) is 0 Å². The van der Waals surface area contributed by atoms with Crippen molar-refractivity contribution < 1.29 is 13.2 Å². The van der Waals surface area contributed by atoms with E-state index in [1.165, 1.54) is 6.33 Å². The average molecular weight is 393 g/mol. The molecule has 0 amide bonds. The topological polar surface area (TPSA) is 73.5 Å². The Morgan fingerprint density at radius 3 is 2.71 bits per heavy atom. The van der Waals surface area contributed by atoms with Gasteiger partial charge in [-0.25, -0.2) is 19.6 Å². The number of halogens is 3. The predicted octanol–water partition coefficient (Wildman–Crippen LogP) is 3.47. The molecule has 0 aliphatic carbocycles. The van der Waals surface area contributed by atoms with Crippen LogP contribution in [0.3, 0.4) is 0 Å². The average Bonchev–Trinajstić information content (AvgIpc) is 3.23. The Hall–Kier alpha value is -2.65. The number of aromatic nitrogens is 6. The van der Waals surface area contributed by atoms with Crippen LogP contribution >= 0.6 is 0 Å². The molecule has 0 aromatic carbocycles. The Morgan fingerprint density at radius 2 is 2.00 bits per heavy atom. The van der Waals surface area contributed by atoms with Crippen LogP contribution in [0.25, 0.3) is 11.0 Å². The Labute approximate surface area is 160 Å². The molecule has 10 heteroatoms. The maximum Gasteiger partial charge on any atom is 0.434 e. The first-order valence-electron chi connectivity index (χ1n) is 9.19. The summed E-state index contributed by atoms with van der Waals surface area (Å²) in [7, 11) is 0. The van der Waals surface area contributed by atoms with Gasteiger partial charge in [0.25, 0.3) is 0 Å². The van der Waals surface area contributed by atoms with Crippen LogP contribution < -0.4 is 5.32 Å². The largest absolute Gasteiger partial charge is 0.434 e. The monoisotopic (exact) mass is 393 g/mol. The third kappa shape index (κ3) is 3.43. The van der Waals surface area contributed by atoms with Gasteiger partial charge >= 0.3 is 6.18 Å². The van der Waals surface area contributed by atoms with Gasteiger partial charge in [0.1, 0.15) is 18.0 Å². The van der Waals surface area contributed by atoms with E-state index in [4.69, 9.17) is 0 Å². The van der Waals surface area contributed by atoms with E-state index in [0.29, 0.717) is 31.2 Å². The summed E-state index contributed by atoms with van der Waals surface area (Å²) in [6.07, 6.45) is 1.25. The number of hydrogen-bond donors (Lipinski definition) is 1. The van der Waals surface area contributed by atoms with Crippen molar-refractivity contribution in [2.45, 2.75) is 51.9 Å². The van der Waals surface area contributed by atoms with Gasteiger partial charge in [0.15, 0.2) is 11.3 Å². The van der Waals surface area contributed by atoms with E-state index in [1.54, 1.807) is 10.8 Å². The van der Waals surface area contributed by atoms with Crippen LogP contribution in [0.15, 0.2) is 18.7 Å². The Bertz CT molecular complexity index is 997. The molecule has 1 N–H and O–H groups in total. The fourth-order valence-corrected chi connectivity index (χ4v) is 3.53. The highest BCUT2D eigenvalue weighted by Crippen LogP contribution is 2.31. The van der Waals surface area contributed by atoms with Crippen LogP contribution in [0.5, 0.6) is 0 Å². The van der Waals surface area contributed by atoms with Crippen LogP contribution in [-0.4, -0.2) is 35.8 Å². The minimum atomic E-state index is -4.40. The minimum absolute atomic E-state index is 0.186. The summed E-state index contributed by atoms with van der Waals surface area (Å²) >= 11 is 0. The molecular weight excluding hydrogens is 371 g/mol. The molecule has 28 heavy (non-hydrogen) atoms. The predicted molar refractivity (Wildman–Crippen MR) is 97.8 cm³/mol. The highest BCUT2D eigenvalue weighted by molar-refractivity contribution is 5.86. The van der Waals surface area contributed by atoms with Crippen LogP contribution in [-0.2, 0) is 24.7 Å². The number of hydrogen-bond acceptors (Lipinski definition) is 5. The highest BCUT2D eigenvalue weighted by Gasteiger charge is 2.35. The van der Waals surface area contributed by atoms with E-state index in [1.807, 2.05) is 4.68 Å². The molecule has 0 spiro atoms. The van der Waals surface area contributed by atoms with Gasteiger partial charge in [-0.15, -0.1) is 0 Å². The van der Waals surface area contributed by atoms with Crippen LogP contribution in [0.1, 0.15) is 38.7 Å². The minimum Gasteiger partial charge on any atom is -0.369 e. The molecule has 0 radical (unpaired) electrons. The molecule has 1 aliphatic heterocycles. The molecule has 3 aromatic rings. The summed E-state index contributed by atoms with van der Waals surface area (Å²) < 4.78 is 42.1. The molecule has 0 saturated carbocycles. The van der Waals surface area contributed by atoms with Gasteiger partial charge in [-0.05, 0) is 33.1 Å². The van der Waals surface area contributed by atoms with E-state index < -0.39 is 11.9 Å². The molecule has 0 unspecified atom stereocenters. The molecule has 4 heterocycles.